The third kappa shape index (κ3) is 3.72. The maximum atomic E-state index is 10.4. The summed E-state index contributed by atoms with van der Waals surface area (Å²) in [7, 11) is 0. The molecular weight excluding hydrogens is 308 g/mol. The van der Waals surface area contributed by atoms with E-state index < -0.39 is 45.7 Å². The zero-order valence-electron chi connectivity index (χ0n) is 8.03. The predicted molar refractivity (Wildman–Crippen MR) is 52.1 cm³/mol. The number of aliphatic hydroxyl groups excluding tert-OH is 4. The van der Waals surface area contributed by atoms with Gasteiger partial charge in [-0.15, -0.1) is 0 Å². The van der Waals surface area contributed by atoms with Crippen LogP contribution in [0.25, 0.3) is 0 Å². The van der Waals surface area contributed by atoms with Crippen LogP contribution in [-0.2, 0) is 4.79 Å². The second-order valence-electron chi connectivity index (χ2n) is 3.51. The first-order valence-electron chi connectivity index (χ1n) is 4.15. The molecule has 0 aliphatic heterocycles. The molecule has 0 aliphatic carbocycles. The fraction of sp³-hybridized carbons (Fsp3) is 0.833. The second-order valence-corrected chi connectivity index (χ2v) is 9.35. The molecule has 5 N–H and O–H groups in total. The third-order valence-corrected chi connectivity index (χ3v) is 5.17. The summed E-state index contributed by atoms with van der Waals surface area (Å²) in [5, 5.41) is 46.1. The van der Waals surface area contributed by atoms with Crippen LogP contribution >= 0.6 is 0 Å². The van der Waals surface area contributed by atoms with E-state index in [1.807, 2.05) is 0 Å². The minimum absolute atomic E-state index is 0.137. The Bertz CT molecular complexity index is 197. The van der Waals surface area contributed by atoms with Gasteiger partial charge in [0.2, 0.25) is 0 Å². The number of hydrogen-bond acceptors (Lipinski definition) is 6. The number of rotatable bonds is 5. The van der Waals surface area contributed by atoms with Crippen molar-refractivity contribution in [3.63, 3.8) is 0 Å². The monoisotopic (exact) mass is 320 g/mol. The summed E-state index contributed by atoms with van der Waals surface area (Å²) in [6.07, 6.45) is -4.81. The van der Waals surface area contributed by atoms with Crippen molar-refractivity contribution in [2.75, 3.05) is 0 Å². The van der Waals surface area contributed by atoms with E-state index in [4.69, 9.17) is 5.11 Å². The van der Waals surface area contributed by atoms with Crippen LogP contribution < -0.4 is 0 Å². The average molecular weight is 322 g/mol. The van der Waals surface area contributed by atoms with Crippen molar-refractivity contribution in [2.45, 2.75) is 27.1 Å². The molecule has 0 amide bonds. The predicted octanol–water partition coefficient (Wildman–Crippen LogP) is -5.46. The van der Waals surface area contributed by atoms with E-state index in [1.54, 1.807) is 0 Å². The number of aliphatic hydroxyl groups is 5. The second kappa shape index (κ2) is 5.73. The maximum absolute atomic E-state index is 10.4. The van der Waals surface area contributed by atoms with Crippen molar-refractivity contribution >= 4 is 43.5 Å². The molecule has 0 bridgehead atoms. The molecule has 0 saturated carbocycles. The van der Waals surface area contributed by atoms with Gasteiger partial charge in [-0.25, -0.2) is 0 Å². The van der Waals surface area contributed by atoms with E-state index >= 15 is 0 Å². The van der Waals surface area contributed by atoms with Gasteiger partial charge in [0.1, 0.15) is 0 Å². The van der Waals surface area contributed by atoms with Gasteiger partial charge in [-0.2, -0.15) is 0 Å². The van der Waals surface area contributed by atoms with Gasteiger partial charge in [-0.1, -0.05) is 0 Å². The summed E-state index contributed by atoms with van der Waals surface area (Å²) in [6, 6.07) is 0. The summed E-state index contributed by atoms with van der Waals surface area (Å²) < 4.78 is -3.02. The molecule has 0 heterocycles. The fourth-order valence-electron chi connectivity index (χ4n) is 0.888. The Hall–Kier alpha value is 0.743. The quantitative estimate of drug-likeness (QED) is 0.255. The van der Waals surface area contributed by atoms with Crippen LogP contribution in [0.1, 0.15) is 0 Å². The number of carbonyl (C=O) groups is 1. The fourth-order valence-corrected chi connectivity index (χ4v) is 2.43. The number of aldehydes is 1. The molecule has 5 atom stereocenters. The van der Waals surface area contributed by atoms with Crippen molar-refractivity contribution in [2.24, 2.45) is 0 Å². The molecule has 0 saturated heterocycles. The molecule has 6 nitrogen and oxygen atoms in total. The van der Waals surface area contributed by atoms with Gasteiger partial charge in [0, 0.05) is 0 Å². The van der Waals surface area contributed by atoms with E-state index in [1.165, 1.54) is 0 Å². The van der Waals surface area contributed by atoms with Crippen LogP contribution in [-0.4, -0.2) is 96.1 Å². The molecule has 0 aromatic heterocycles. The molecule has 0 fully saturated rings. The summed E-state index contributed by atoms with van der Waals surface area (Å²) in [6.45, 7) is 0. The Morgan fingerprint density at radius 2 is 1.57 bits per heavy atom. The SMILES string of the molecule is O=C[C@@](O)([GaH2])[C@@H](O)[C@H](O)[C@H](O)[CH](O)[GaH2]. The molecule has 80 valence electrons. The van der Waals surface area contributed by atoms with Crippen LogP contribution in [0, 0.1) is 0 Å². The molecule has 14 heavy (non-hydrogen) atoms. The number of carbonyl (C=O) groups excluding carboxylic acids is 1. The summed E-state index contributed by atoms with van der Waals surface area (Å²) >= 11 is -0.594. The van der Waals surface area contributed by atoms with Crippen molar-refractivity contribution in [1.29, 1.82) is 0 Å². The molecule has 0 aromatic rings. The van der Waals surface area contributed by atoms with Crippen molar-refractivity contribution in [3.05, 3.63) is 0 Å². The van der Waals surface area contributed by atoms with Gasteiger partial charge < -0.3 is 0 Å². The molecular formula is C6H14Ga2O6. The Balaban J connectivity index is 4.53. The van der Waals surface area contributed by atoms with Crippen molar-refractivity contribution in [1.82, 2.24) is 0 Å². The molecule has 0 rings (SSSR count). The van der Waals surface area contributed by atoms with E-state index in [0.717, 1.165) is 0 Å². The first kappa shape index (κ1) is 14.7. The first-order chi connectivity index (χ1) is 6.24. The molecule has 0 radical (unpaired) electrons. The van der Waals surface area contributed by atoms with Crippen molar-refractivity contribution < 1.29 is 30.3 Å². The van der Waals surface area contributed by atoms with Gasteiger partial charge >= 0.3 is 101 Å². The zero-order chi connectivity index (χ0) is 11.5. The van der Waals surface area contributed by atoms with Gasteiger partial charge in [0.05, 0.1) is 0 Å². The Labute approximate surface area is 101 Å². The van der Waals surface area contributed by atoms with Crippen LogP contribution in [0.3, 0.4) is 0 Å². The Kier molecular flexibility index (Phi) is 6.03. The van der Waals surface area contributed by atoms with Crippen molar-refractivity contribution in [3.8, 4) is 0 Å². The number of hydrogen-bond donors (Lipinski definition) is 5. The standard InChI is InChI=1S/C6H10O6.2Ga.4H/c7-1-3(9)5(11)6(12)4(10)2-8;;;;;;/h1-3,5-7,9-12H;;;;;;/t3-,5-,6-;;;;;;/m1....../s1. The average Bonchev–Trinajstić information content (AvgIpc) is 2.14. The third-order valence-electron chi connectivity index (χ3n) is 2.01. The van der Waals surface area contributed by atoms with E-state index in [0.29, 0.717) is 0 Å². The van der Waals surface area contributed by atoms with E-state index in [-0.39, 0.29) is 24.9 Å². The Morgan fingerprint density at radius 3 is 1.86 bits per heavy atom. The van der Waals surface area contributed by atoms with Gasteiger partial charge in [-0.05, 0) is 0 Å². The molecule has 0 spiro atoms. The van der Waals surface area contributed by atoms with Crippen LogP contribution in [0.4, 0.5) is 0 Å². The summed E-state index contributed by atoms with van der Waals surface area (Å²) in [5.41, 5.74) is 0. The summed E-state index contributed by atoms with van der Waals surface area (Å²) in [4.78, 5) is 10.4. The van der Waals surface area contributed by atoms with Crippen LogP contribution in [0.15, 0.2) is 0 Å². The molecule has 0 aliphatic rings. The van der Waals surface area contributed by atoms with Crippen LogP contribution in [0.5, 0.6) is 0 Å². The first-order valence-corrected chi connectivity index (χ1v) is 8.67. The van der Waals surface area contributed by atoms with E-state index in [9.17, 15) is 25.2 Å². The van der Waals surface area contributed by atoms with E-state index in [2.05, 4.69) is 0 Å². The zero-order valence-corrected chi connectivity index (χ0v) is 16.4. The minimum atomic E-state index is -1.95. The van der Waals surface area contributed by atoms with Gasteiger partial charge in [0.15, 0.2) is 0 Å². The van der Waals surface area contributed by atoms with Gasteiger partial charge in [-0.3, -0.25) is 0 Å². The molecule has 8 heteroatoms. The Morgan fingerprint density at radius 1 is 1.14 bits per heavy atom. The topological polar surface area (TPSA) is 118 Å². The van der Waals surface area contributed by atoms with Gasteiger partial charge in [0.25, 0.3) is 0 Å². The normalized spacial score (nSPS) is 24.4. The molecule has 0 aromatic carbocycles. The van der Waals surface area contributed by atoms with Crippen LogP contribution in [0.2, 0.25) is 0 Å². The molecule has 1 unspecified atom stereocenters. The summed E-state index contributed by atoms with van der Waals surface area (Å²) in [5.74, 6) is 0.